The van der Waals surface area contributed by atoms with Gasteiger partial charge in [0.05, 0.1) is 30.4 Å². The maximum Gasteiger partial charge on any atom is 0.543 e. The van der Waals surface area contributed by atoms with E-state index in [0.29, 0.717) is 12.2 Å². The topological polar surface area (TPSA) is 89.5 Å². The number of hydrogen-bond donors (Lipinski definition) is 0. The van der Waals surface area contributed by atoms with E-state index in [1.807, 2.05) is 6.92 Å². The van der Waals surface area contributed by atoms with E-state index in [1.165, 1.54) is 19.2 Å². The molecule has 0 N–H and O–H groups in total. The average Bonchev–Trinajstić information content (AvgIpc) is 2.54. The quantitative estimate of drug-likeness (QED) is 0.410. The second kappa shape index (κ2) is 9.59. The molecule has 1 atom stereocenters. The van der Waals surface area contributed by atoms with Gasteiger partial charge in [-0.25, -0.2) is 14.5 Å². The Morgan fingerprint density at radius 2 is 1.77 bits per heavy atom. The number of benzene rings is 1. The van der Waals surface area contributed by atoms with Gasteiger partial charge in [0.2, 0.25) is 0 Å². The summed E-state index contributed by atoms with van der Waals surface area (Å²) in [6.07, 6.45) is -0.676. The van der Waals surface area contributed by atoms with Crippen LogP contribution in [-0.2, 0) is 24.3 Å². The van der Waals surface area contributed by atoms with E-state index in [4.69, 9.17) is 9.47 Å². The highest BCUT2D eigenvalue weighted by molar-refractivity contribution is 5.89. The molecule has 8 nitrogen and oxygen atoms in total. The lowest BCUT2D eigenvalue weighted by molar-refractivity contribution is -0.452. The van der Waals surface area contributed by atoms with Crippen molar-refractivity contribution < 1.29 is 38.6 Å². The largest absolute Gasteiger partial charge is 0.543 e. The molecule has 122 valence electrons. The molecule has 1 aromatic carbocycles. The maximum atomic E-state index is 11.5. The highest BCUT2D eigenvalue weighted by Crippen LogP contribution is 2.12. The van der Waals surface area contributed by atoms with Gasteiger partial charge in [0, 0.05) is 13.5 Å². The number of carbonyl (C=O) groups excluding carboxylic acids is 2. The van der Waals surface area contributed by atoms with Crippen LogP contribution in [0.25, 0.3) is 0 Å². The first-order valence-corrected chi connectivity index (χ1v) is 6.46. The van der Waals surface area contributed by atoms with Crippen LogP contribution in [0.4, 0.5) is 4.79 Å². The lowest BCUT2D eigenvalue weighted by atomic mass is 10.2. The molecule has 0 saturated carbocycles. The number of carbonyl (C=O) groups is 2. The molecule has 0 fully saturated rings. The molecule has 0 bridgehead atoms. The summed E-state index contributed by atoms with van der Waals surface area (Å²) in [5.41, 5.74) is 0.201. The van der Waals surface area contributed by atoms with Gasteiger partial charge in [-0.1, -0.05) is 0 Å². The summed E-state index contributed by atoms with van der Waals surface area (Å²) in [5.74, 6) is -0.244. The highest BCUT2D eigenvalue weighted by Gasteiger charge is 2.12. The van der Waals surface area contributed by atoms with Gasteiger partial charge in [-0.05, 0) is 31.2 Å². The first kappa shape index (κ1) is 17.7. The highest BCUT2D eigenvalue weighted by atomic mass is 17.5. The molecule has 0 heterocycles. The van der Waals surface area contributed by atoms with Gasteiger partial charge in [-0.3, -0.25) is 4.89 Å². The molecule has 0 aliphatic rings. The molecule has 0 aliphatic heterocycles. The van der Waals surface area contributed by atoms with E-state index in [2.05, 4.69) is 19.6 Å². The summed E-state index contributed by atoms with van der Waals surface area (Å²) < 4.78 is 14.6. The van der Waals surface area contributed by atoms with Gasteiger partial charge >= 0.3 is 12.1 Å². The van der Waals surface area contributed by atoms with Crippen LogP contribution in [0.1, 0.15) is 23.7 Å². The van der Waals surface area contributed by atoms with Crippen molar-refractivity contribution in [3.63, 3.8) is 0 Å². The van der Waals surface area contributed by atoms with E-state index in [-0.39, 0.29) is 18.3 Å². The van der Waals surface area contributed by atoms with Crippen LogP contribution in [0, 0.1) is 0 Å². The molecular weight excluding hydrogens is 296 g/mol. The van der Waals surface area contributed by atoms with Crippen molar-refractivity contribution in [2.45, 2.75) is 19.4 Å². The second-order valence-corrected chi connectivity index (χ2v) is 4.18. The minimum Gasteiger partial charge on any atom is -0.497 e. The molecule has 0 radical (unpaired) electrons. The van der Waals surface area contributed by atoms with Crippen LogP contribution in [0.2, 0.25) is 0 Å². The van der Waals surface area contributed by atoms with Gasteiger partial charge in [-0.15, -0.1) is 0 Å². The van der Waals surface area contributed by atoms with Crippen molar-refractivity contribution in [3.05, 3.63) is 29.8 Å². The van der Waals surface area contributed by atoms with Crippen LogP contribution in [0.5, 0.6) is 5.75 Å². The Morgan fingerprint density at radius 1 is 1.09 bits per heavy atom. The Labute approximate surface area is 127 Å². The molecule has 0 amide bonds. The molecule has 0 saturated heterocycles. The predicted octanol–water partition coefficient (Wildman–Crippen LogP) is 2.28. The zero-order valence-electron chi connectivity index (χ0n) is 12.6. The van der Waals surface area contributed by atoms with Crippen LogP contribution in [0.3, 0.4) is 0 Å². The van der Waals surface area contributed by atoms with Crippen LogP contribution >= 0.6 is 0 Å². The molecule has 0 aliphatic carbocycles. The summed E-state index contributed by atoms with van der Waals surface area (Å²) in [5, 5.41) is 4.07. The lowest BCUT2D eigenvalue weighted by Gasteiger charge is -2.08. The molecule has 1 aromatic rings. The van der Waals surface area contributed by atoms with Crippen molar-refractivity contribution >= 4 is 12.1 Å². The molecule has 22 heavy (non-hydrogen) atoms. The normalized spacial score (nSPS) is 11.4. The zero-order valence-corrected chi connectivity index (χ0v) is 12.6. The number of rotatable bonds is 8. The monoisotopic (exact) mass is 314 g/mol. The molecule has 0 spiro atoms. The Balaban J connectivity index is 2.22. The van der Waals surface area contributed by atoms with Crippen molar-refractivity contribution in [2.24, 2.45) is 0 Å². The second-order valence-electron chi connectivity index (χ2n) is 4.18. The minimum atomic E-state index is -1.12. The Morgan fingerprint density at radius 3 is 2.36 bits per heavy atom. The number of ether oxygens (including phenoxy) is 3. The smallest absolute Gasteiger partial charge is 0.497 e. The minimum absolute atomic E-state index is 0.0541. The maximum absolute atomic E-state index is 11.5. The lowest BCUT2D eigenvalue weighted by Crippen LogP contribution is -2.15. The number of hydrogen-bond acceptors (Lipinski definition) is 8. The Kier molecular flexibility index (Phi) is 7.73. The first-order chi connectivity index (χ1) is 10.6. The molecular formula is C14H18O8. The van der Waals surface area contributed by atoms with E-state index in [9.17, 15) is 9.59 Å². The molecule has 0 aromatic heterocycles. The SMILES string of the molecule is COc1ccc(C(=O)OOOC(=O)OCCC(C)OC)cc1. The van der Waals surface area contributed by atoms with Crippen molar-refractivity contribution in [1.82, 2.24) is 0 Å². The van der Waals surface area contributed by atoms with E-state index >= 15 is 0 Å². The van der Waals surface area contributed by atoms with Crippen LogP contribution < -0.4 is 4.74 Å². The summed E-state index contributed by atoms with van der Waals surface area (Å²) in [7, 11) is 3.05. The first-order valence-electron chi connectivity index (χ1n) is 6.46. The fourth-order valence-electron chi connectivity index (χ4n) is 1.30. The van der Waals surface area contributed by atoms with Gasteiger partial charge in [0.25, 0.3) is 0 Å². The summed E-state index contributed by atoms with van der Waals surface area (Å²) >= 11 is 0. The summed E-state index contributed by atoms with van der Waals surface area (Å²) in [4.78, 5) is 31.0. The fourth-order valence-corrected chi connectivity index (χ4v) is 1.30. The average molecular weight is 314 g/mol. The van der Waals surface area contributed by atoms with Crippen molar-refractivity contribution in [1.29, 1.82) is 0 Å². The number of methoxy groups -OCH3 is 2. The standard InChI is InChI=1S/C14H18O8/c1-10(17-2)8-9-19-14(16)21-22-20-13(15)11-4-6-12(18-3)7-5-11/h4-7,10H,8-9H2,1-3H3. The van der Waals surface area contributed by atoms with Gasteiger partial charge < -0.3 is 14.2 Å². The Bertz CT molecular complexity index is 470. The van der Waals surface area contributed by atoms with Crippen molar-refractivity contribution in [3.8, 4) is 5.75 Å². The third-order valence-corrected chi connectivity index (χ3v) is 2.68. The van der Waals surface area contributed by atoms with Gasteiger partial charge in [0.15, 0.2) is 0 Å². The van der Waals surface area contributed by atoms with Crippen LogP contribution in [0.15, 0.2) is 24.3 Å². The predicted molar refractivity (Wildman–Crippen MR) is 73.0 cm³/mol. The third kappa shape index (κ3) is 6.42. The zero-order chi connectivity index (χ0) is 16.4. The van der Waals surface area contributed by atoms with Gasteiger partial charge in [-0.2, -0.15) is 0 Å². The third-order valence-electron chi connectivity index (χ3n) is 2.68. The van der Waals surface area contributed by atoms with E-state index in [1.54, 1.807) is 19.2 Å². The van der Waals surface area contributed by atoms with E-state index in [0.717, 1.165) is 0 Å². The van der Waals surface area contributed by atoms with E-state index < -0.39 is 12.1 Å². The van der Waals surface area contributed by atoms with Crippen molar-refractivity contribution in [2.75, 3.05) is 20.8 Å². The molecule has 8 heteroatoms. The Hall–Kier alpha value is -2.32. The molecule has 1 unspecified atom stereocenters. The summed E-state index contributed by atoms with van der Waals surface area (Å²) in [6, 6.07) is 6.08. The fraction of sp³-hybridized carbons (Fsp3) is 0.429. The van der Waals surface area contributed by atoms with Crippen LogP contribution in [-0.4, -0.2) is 39.1 Å². The van der Waals surface area contributed by atoms with Gasteiger partial charge in [0.1, 0.15) is 5.75 Å². The molecule has 1 rings (SSSR count). The summed E-state index contributed by atoms with van der Waals surface area (Å²) in [6.45, 7) is 1.91.